The van der Waals surface area contributed by atoms with E-state index in [1.54, 1.807) is 0 Å². The van der Waals surface area contributed by atoms with Crippen LogP contribution in [-0.2, 0) is 6.61 Å². The summed E-state index contributed by atoms with van der Waals surface area (Å²) in [5.41, 5.74) is 3.70. The van der Waals surface area contributed by atoms with E-state index in [9.17, 15) is 20.2 Å². The molecule has 0 heterocycles. The Morgan fingerprint density at radius 2 is 1.63 bits per heavy atom. The molecule has 0 aliphatic heterocycles. The van der Waals surface area contributed by atoms with Crippen molar-refractivity contribution >= 4 is 79.2 Å². The Bertz CT molecular complexity index is 1450. The second kappa shape index (κ2) is 10.9. The number of nitro groups is 2. The van der Waals surface area contributed by atoms with Crippen LogP contribution in [0.5, 0.6) is 5.75 Å². The Balaban J connectivity index is 1.49. The van der Waals surface area contributed by atoms with Crippen LogP contribution in [0.1, 0.15) is 11.1 Å². The van der Waals surface area contributed by atoms with Gasteiger partial charge in [0.1, 0.15) is 18.0 Å². The maximum absolute atomic E-state index is 11.3. The Morgan fingerprint density at radius 3 is 2.34 bits per heavy atom. The smallest absolute Gasteiger partial charge is 0.301 e. The number of nitro benzene ring substituents is 2. The monoisotopic (exact) mass is 694 g/mol. The lowest BCUT2D eigenvalue weighted by atomic mass is 10.1. The molecule has 0 saturated heterocycles. The van der Waals surface area contributed by atoms with Crippen LogP contribution >= 0.6 is 45.2 Å². The van der Waals surface area contributed by atoms with Crippen LogP contribution < -0.4 is 10.2 Å². The van der Waals surface area contributed by atoms with Gasteiger partial charge < -0.3 is 4.74 Å². The van der Waals surface area contributed by atoms with Crippen LogP contribution in [0.3, 0.4) is 0 Å². The number of halogens is 2. The standard InChI is InChI=1S/C24H16I2N4O5/c25-20-10-15(13-27-28-22-9-8-18(29(31)32)12-23(22)30(33)34)11-21(26)24(20)35-14-17-6-3-5-16-4-1-2-7-19(16)17/h1-13,28H,14H2/b27-13+. The Morgan fingerprint density at radius 1 is 0.914 bits per heavy atom. The topological polar surface area (TPSA) is 120 Å². The molecule has 4 rings (SSSR count). The largest absolute Gasteiger partial charge is 0.487 e. The second-order valence-electron chi connectivity index (χ2n) is 7.33. The van der Waals surface area contributed by atoms with Gasteiger partial charge in [0.05, 0.1) is 29.3 Å². The molecule has 0 unspecified atom stereocenters. The fourth-order valence-electron chi connectivity index (χ4n) is 3.42. The Labute approximate surface area is 226 Å². The van der Waals surface area contributed by atoms with Gasteiger partial charge in [0.25, 0.3) is 5.69 Å². The number of fused-ring (bicyclic) bond motifs is 1. The SMILES string of the molecule is O=[N+]([O-])c1ccc(N/N=C/c2cc(I)c(OCc3cccc4ccccc34)c(I)c2)c([N+](=O)[O-])c1. The second-order valence-corrected chi connectivity index (χ2v) is 9.65. The van der Waals surface area contributed by atoms with E-state index in [4.69, 9.17) is 4.74 Å². The number of benzene rings is 4. The van der Waals surface area contributed by atoms with Crippen LogP contribution in [-0.4, -0.2) is 16.1 Å². The molecule has 0 amide bonds. The summed E-state index contributed by atoms with van der Waals surface area (Å²) in [7, 11) is 0. The van der Waals surface area contributed by atoms with Crippen molar-refractivity contribution in [1.82, 2.24) is 0 Å². The van der Waals surface area contributed by atoms with Gasteiger partial charge >= 0.3 is 5.69 Å². The van der Waals surface area contributed by atoms with Crippen molar-refractivity contribution in [3.8, 4) is 5.75 Å². The lowest BCUT2D eigenvalue weighted by Gasteiger charge is -2.13. The summed E-state index contributed by atoms with van der Waals surface area (Å²) in [6.45, 7) is 0.423. The first-order valence-corrected chi connectivity index (χ1v) is 12.3. The molecule has 0 fully saturated rings. The van der Waals surface area contributed by atoms with Crippen LogP contribution in [0.4, 0.5) is 17.1 Å². The lowest BCUT2D eigenvalue weighted by molar-refractivity contribution is -0.393. The number of hydrogen-bond acceptors (Lipinski definition) is 7. The third kappa shape index (κ3) is 5.85. The molecule has 0 bridgehead atoms. The molecule has 0 aliphatic rings. The average molecular weight is 694 g/mol. The molecule has 0 saturated carbocycles. The highest BCUT2D eigenvalue weighted by atomic mass is 127. The summed E-state index contributed by atoms with van der Waals surface area (Å²) in [4.78, 5) is 20.8. The number of non-ortho nitro benzene ring substituents is 1. The van der Waals surface area contributed by atoms with Gasteiger partial charge in [-0.3, -0.25) is 25.7 Å². The molecule has 4 aromatic carbocycles. The van der Waals surface area contributed by atoms with E-state index >= 15 is 0 Å². The summed E-state index contributed by atoms with van der Waals surface area (Å²) in [6.07, 6.45) is 1.52. The van der Waals surface area contributed by atoms with Gasteiger partial charge in [0, 0.05) is 6.07 Å². The summed E-state index contributed by atoms with van der Waals surface area (Å²) < 4.78 is 7.93. The minimum atomic E-state index is -0.696. The number of rotatable bonds is 8. The molecule has 4 aromatic rings. The van der Waals surface area contributed by atoms with Gasteiger partial charge in [0.15, 0.2) is 0 Å². The minimum Gasteiger partial charge on any atom is -0.487 e. The summed E-state index contributed by atoms with van der Waals surface area (Å²) in [5, 5.41) is 28.5. The van der Waals surface area contributed by atoms with Gasteiger partial charge in [-0.25, -0.2) is 0 Å². The number of ether oxygens (including phenoxy) is 1. The fourth-order valence-corrected chi connectivity index (χ4v) is 5.54. The molecule has 35 heavy (non-hydrogen) atoms. The zero-order valence-electron chi connectivity index (χ0n) is 17.9. The van der Waals surface area contributed by atoms with E-state index in [0.29, 0.717) is 6.61 Å². The molecule has 0 aromatic heterocycles. The number of hydrogen-bond donors (Lipinski definition) is 1. The molecule has 1 N–H and O–H groups in total. The van der Waals surface area contributed by atoms with Gasteiger partial charge in [-0.15, -0.1) is 0 Å². The quantitative estimate of drug-likeness (QED) is 0.0929. The van der Waals surface area contributed by atoms with Gasteiger partial charge in [-0.1, -0.05) is 42.5 Å². The third-order valence-corrected chi connectivity index (χ3v) is 6.66. The predicted molar refractivity (Wildman–Crippen MR) is 151 cm³/mol. The highest BCUT2D eigenvalue weighted by Gasteiger charge is 2.19. The van der Waals surface area contributed by atoms with Crippen LogP contribution in [0.25, 0.3) is 10.8 Å². The normalized spacial score (nSPS) is 11.0. The number of nitrogens with one attached hydrogen (secondary N) is 1. The molecule has 0 atom stereocenters. The molecule has 0 aliphatic carbocycles. The van der Waals surface area contributed by atoms with E-state index < -0.39 is 15.5 Å². The lowest BCUT2D eigenvalue weighted by Crippen LogP contribution is -2.01. The molecule has 9 nitrogen and oxygen atoms in total. The van der Waals surface area contributed by atoms with Gasteiger partial charge in [-0.05, 0) is 85.3 Å². The van der Waals surface area contributed by atoms with Crippen LogP contribution in [0.2, 0.25) is 0 Å². The minimum absolute atomic E-state index is 0.0521. The zero-order chi connectivity index (χ0) is 24.9. The van der Waals surface area contributed by atoms with E-state index in [1.165, 1.54) is 18.3 Å². The van der Waals surface area contributed by atoms with Crippen molar-refractivity contribution in [1.29, 1.82) is 0 Å². The van der Waals surface area contributed by atoms with Crippen molar-refractivity contribution in [2.45, 2.75) is 6.61 Å². The van der Waals surface area contributed by atoms with Crippen molar-refractivity contribution in [3.05, 3.63) is 111 Å². The molecule has 11 heteroatoms. The van der Waals surface area contributed by atoms with Gasteiger partial charge in [0.2, 0.25) is 0 Å². The maximum atomic E-state index is 11.3. The van der Waals surface area contributed by atoms with Crippen LogP contribution in [0, 0.1) is 27.4 Å². The van der Waals surface area contributed by atoms with Crippen molar-refractivity contribution in [3.63, 3.8) is 0 Å². The van der Waals surface area contributed by atoms with E-state index in [1.807, 2.05) is 36.4 Å². The molecule has 176 valence electrons. The Kier molecular flexibility index (Phi) is 7.75. The van der Waals surface area contributed by atoms with Crippen LogP contribution in [0.15, 0.2) is 77.9 Å². The highest BCUT2D eigenvalue weighted by Crippen LogP contribution is 2.31. The first-order chi connectivity index (χ1) is 16.8. The third-order valence-electron chi connectivity index (χ3n) is 5.06. The Hall–Kier alpha value is -3.33. The molecular weight excluding hydrogens is 678 g/mol. The summed E-state index contributed by atoms with van der Waals surface area (Å²) in [6, 6.07) is 21.4. The molecule has 0 spiro atoms. The first-order valence-electron chi connectivity index (χ1n) is 10.1. The van der Waals surface area contributed by atoms with Crippen molar-refractivity contribution < 1.29 is 14.6 Å². The zero-order valence-corrected chi connectivity index (χ0v) is 22.2. The molecule has 0 radical (unpaired) electrons. The predicted octanol–water partition coefficient (Wildman–Crippen LogP) is 6.89. The number of hydrazone groups is 1. The van der Waals surface area contributed by atoms with E-state index in [2.05, 4.69) is 73.9 Å². The number of nitrogens with zero attached hydrogens (tertiary/aromatic N) is 3. The molecular formula is C24H16I2N4O5. The van der Waals surface area contributed by atoms with Gasteiger partial charge in [-0.2, -0.15) is 5.10 Å². The van der Waals surface area contributed by atoms with E-state index in [-0.39, 0.29) is 11.4 Å². The fraction of sp³-hybridized carbons (Fsp3) is 0.0417. The maximum Gasteiger partial charge on any atom is 0.301 e. The van der Waals surface area contributed by atoms with Crippen molar-refractivity contribution in [2.75, 3.05) is 5.43 Å². The summed E-state index contributed by atoms with van der Waals surface area (Å²) in [5.74, 6) is 0.759. The first kappa shape index (κ1) is 24.8. The highest BCUT2D eigenvalue weighted by molar-refractivity contribution is 14.1. The van der Waals surface area contributed by atoms with E-state index in [0.717, 1.165) is 40.9 Å². The number of anilines is 1. The van der Waals surface area contributed by atoms with Crippen molar-refractivity contribution in [2.24, 2.45) is 5.10 Å². The average Bonchev–Trinajstić information content (AvgIpc) is 2.83. The summed E-state index contributed by atoms with van der Waals surface area (Å²) >= 11 is 4.39.